The lowest BCUT2D eigenvalue weighted by Crippen LogP contribution is -2.21. The van der Waals surface area contributed by atoms with Gasteiger partial charge in [-0.15, -0.1) is 0 Å². The Morgan fingerprint density at radius 2 is 1.88 bits per heavy atom. The Hall–Kier alpha value is -3.15. The summed E-state index contributed by atoms with van der Waals surface area (Å²) in [5.41, 5.74) is 2.60. The first-order valence-corrected chi connectivity index (χ1v) is 8.21. The van der Waals surface area contributed by atoms with Crippen LogP contribution in [-0.4, -0.2) is 22.3 Å². The molecule has 0 radical (unpaired) electrons. The summed E-state index contributed by atoms with van der Waals surface area (Å²) in [7, 11) is 1.61. The van der Waals surface area contributed by atoms with Gasteiger partial charge in [-0.2, -0.15) is 4.98 Å². The number of nitrogens with zero attached hydrogens (tertiary/aromatic N) is 2. The van der Waals surface area contributed by atoms with Crippen LogP contribution in [0.3, 0.4) is 0 Å². The number of ketones is 1. The van der Waals surface area contributed by atoms with E-state index in [0.29, 0.717) is 16.8 Å². The highest BCUT2D eigenvalue weighted by molar-refractivity contribution is 5.99. The van der Waals surface area contributed by atoms with Crippen molar-refractivity contribution in [3.63, 3.8) is 0 Å². The average molecular weight is 352 g/mol. The third-order valence-electron chi connectivity index (χ3n) is 4.16. The number of carbonyl (C=O) groups excluding carboxylic acids is 1. The third kappa shape index (κ3) is 3.31. The Morgan fingerprint density at radius 3 is 2.50 bits per heavy atom. The number of methoxy groups -OCH3 is 1. The first-order chi connectivity index (χ1) is 12.4. The van der Waals surface area contributed by atoms with Gasteiger partial charge in [-0.05, 0) is 50.1 Å². The average Bonchev–Trinajstić information content (AvgIpc) is 2.63. The molecule has 0 fully saturated rings. The van der Waals surface area contributed by atoms with Crippen molar-refractivity contribution >= 4 is 11.4 Å². The Labute approximate surface area is 151 Å². The topological polar surface area (TPSA) is 69.9 Å². The molecular weight excluding hydrogens is 332 g/mol. The highest BCUT2D eigenvalue weighted by atomic mass is 16.5. The predicted octanol–water partition coefficient (Wildman–Crippen LogP) is 3.10. The fraction of sp³-hybridized carbons (Fsp3) is 0.250. The molecule has 0 saturated heterocycles. The monoisotopic (exact) mass is 352 g/mol. The summed E-state index contributed by atoms with van der Waals surface area (Å²) in [5.74, 6) is 0.841. The van der Waals surface area contributed by atoms with E-state index in [1.54, 1.807) is 26.3 Å². The SMILES string of the molecule is COc1ccc(COc2nc3c(C(C)=O)cc(C)cn3c(=O)c2C)cc1. The minimum atomic E-state index is -0.245. The number of hydrogen-bond donors (Lipinski definition) is 0. The first-order valence-electron chi connectivity index (χ1n) is 8.21. The molecule has 0 unspecified atom stereocenters. The molecule has 134 valence electrons. The maximum Gasteiger partial charge on any atom is 0.264 e. The molecule has 2 heterocycles. The van der Waals surface area contributed by atoms with Gasteiger partial charge >= 0.3 is 0 Å². The predicted molar refractivity (Wildman–Crippen MR) is 98.3 cm³/mol. The van der Waals surface area contributed by atoms with Gasteiger partial charge in [0, 0.05) is 6.20 Å². The van der Waals surface area contributed by atoms with E-state index in [9.17, 15) is 9.59 Å². The van der Waals surface area contributed by atoms with Crippen LogP contribution in [0.4, 0.5) is 0 Å². The van der Waals surface area contributed by atoms with Crippen LogP contribution in [0.25, 0.3) is 5.65 Å². The standard InChI is InChI=1S/C20H20N2O4/c1-12-9-17(14(3)23)18-21-19(13(2)20(24)22(18)10-12)26-11-15-5-7-16(25-4)8-6-15/h5-10H,11H2,1-4H3. The van der Waals surface area contributed by atoms with Gasteiger partial charge in [0.2, 0.25) is 5.88 Å². The van der Waals surface area contributed by atoms with Crippen LogP contribution < -0.4 is 15.0 Å². The number of rotatable bonds is 5. The van der Waals surface area contributed by atoms with Crippen molar-refractivity contribution in [1.29, 1.82) is 0 Å². The van der Waals surface area contributed by atoms with Crippen molar-refractivity contribution in [1.82, 2.24) is 9.38 Å². The molecule has 0 N–H and O–H groups in total. The van der Waals surface area contributed by atoms with Crippen LogP contribution in [0.15, 0.2) is 41.3 Å². The van der Waals surface area contributed by atoms with Crippen LogP contribution in [0.5, 0.6) is 11.6 Å². The van der Waals surface area contributed by atoms with Crippen molar-refractivity contribution in [3.05, 3.63) is 69.1 Å². The largest absolute Gasteiger partial charge is 0.497 e. The van der Waals surface area contributed by atoms with E-state index < -0.39 is 0 Å². The van der Waals surface area contributed by atoms with Crippen molar-refractivity contribution < 1.29 is 14.3 Å². The summed E-state index contributed by atoms with van der Waals surface area (Å²) < 4.78 is 12.3. The molecule has 0 bridgehead atoms. The Bertz CT molecular complexity index is 1040. The zero-order valence-corrected chi connectivity index (χ0v) is 15.2. The molecule has 0 saturated carbocycles. The second-order valence-corrected chi connectivity index (χ2v) is 6.16. The number of hydrogen-bond acceptors (Lipinski definition) is 5. The van der Waals surface area contributed by atoms with Crippen molar-refractivity contribution in [2.75, 3.05) is 7.11 Å². The molecule has 0 spiro atoms. The second-order valence-electron chi connectivity index (χ2n) is 6.16. The summed E-state index contributed by atoms with van der Waals surface area (Å²) in [4.78, 5) is 29.1. The van der Waals surface area contributed by atoms with Gasteiger partial charge in [-0.3, -0.25) is 14.0 Å². The van der Waals surface area contributed by atoms with Crippen molar-refractivity contribution in [2.24, 2.45) is 0 Å². The number of fused-ring (bicyclic) bond motifs is 1. The van der Waals surface area contributed by atoms with Crippen LogP contribution in [0, 0.1) is 13.8 Å². The summed E-state index contributed by atoms with van der Waals surface area (Å²) in [6, 6.07) is 9.17. The summed E-state index contributed by atoms with van der Waals surface area (Å²) >= 11 is 0. The molecule has 3 rings (SSSR count). The number of Topliss-reactive ketones (excluding diaryl/α,β-unsaturated/α-hetero) is 1. The third-order valence-corrected chi connectivity index (χ3v) is 4.16. The van der Waals surface area contributed by atoms with E-state index in [0.717, 1.165) is 16.9 Å². The lowest BCUT2D eigenvalue weighted by atomic mass is 10.1. The molecule has 0 aliphatic heterocycles. The number of pyridine rings is 1. The van der Waals surface area contributed by atoms with E-state index in [-0.39, 0.29) is 23.8 Å². The minimum absolute atomic E-state index is 0.150. The highest BCUT2D eigenvalue weighted by Crippen LogP contribution is 2.19. The molecule has 0 aliphatic carbocycles. The lowest BCUT2D eigenvalue weighted by Gasteiger charge is -2.12. The van der Waals surface area contributed by atoms with Gasteiger partial charge in [0.1, 0.15) is 12.4 Å². The maximum atomic E-state index is 12.7. The quantitative estimate of drug-likeness (QED) is 0.660. The zero-order chi connectivity index (χ0) is 18.8. The van der Waals surface area contributed by atoms with E-state index in [4.69, 9.17) is 9.47 Å². The van der Waals surface area contributed by atoms with Crippen LogP contribution in [-0.2, 0) is 6.61 Å². The number of aryl methyl sites for hydroxylation is 1. The molecule has 1 aromatic carbocycles. The number of aromatic nitrogens is 2. The number of ether oxygens (including phenoxy) is 2. The molecule has 0 amide bonds. The van der Waals surface area contributed by atoms with Crippen LogP contribution in [0.1, 0.15) is 34.0 Å². The van der Waals surface area contributed by atoms with Crippen molar-refractivity contribution in [2.45, 2.75) is 27.4 Å². The van der Waals surface area contributed by atoms with Gasteiger partial charge in [0.25, 0.3) is 5.56 Å². The fourth-order valence-corrected chi connectivity index (χ4v) is 2.72. The molecule has 6 nitrogen and oxygen atoms in total. The van der Waals surface area contributed by atoms with E-state index in [1.807, 2.05) is 31.2 Å². The molecule has 2 aromatic heterocycles. The smallest absolute Gasteiger partial charge is 0.264 e. The maximum absolute atomic E-state index is 12.7. The van der Waals surface area contributed by atoms with Gasteiger partial charge < -0.3 is 9.47 Å². The Balaban J connectivity index is 2.01. The fourth-order valence-electron chi connectivity index (χ4n) is 2.72. The summed E-state index contributed by atoms with van der Waals surface area (Å²) in [6.45, 7) is 5.22. The molecule has 0 atom stereocenters. The lowest BCUT2D eigenvalue weighted by molar-refractivity contribution is 0.101. The van der Waals surface area contributed by atoms with Crippen LogP contribution >= 0.6 is 0 Å². The molecule has 6 heteroatoms. The molecular formula is C20H20N2O4. The second kappa shape index (κ2) is 7.00. The highest BCUT2D eigenvalue weighted by Gasteiger charge is 2.15. The first kappa shape index (κ1) is 17.7. The van der Waals surface area contributed by atoms with Gasteiger partial charge in [-0.1, -0.05) is 12.1 Å². The van der Waals surface area contributed by atoms with E-state index in [1.165, 1.54) is 11.3 Å². The van der Waals surface area contributed by atoms with Gasteiger partial charge in [0.05, 0.1) is 18.2 Å². The summed E-state index contributed by atoms with van der Waals surface area (Å²) in [6.07, 6.45) is 1.68. The van der Waals surface area contributed by atoms with Gasteiger partial charge in [0.15, 0.2) is 11.4 Å². The zero-order valence-electron chi connectivity index (χ0n) is 15.2. The molecule has 3 aromatic rings. The van der Waals surface area contributed by atoms with E-state index in [2.05, 4.69) is 4.98 Å². The Kier molecular flexibility index (Phi) is 4.75. The summed E-state index contributed by atoms with van der Waals surface area (Å²) in [5, 5.41) is 0. The minimum Gasteiger partial charge on any atom is -0.497 e. The van der Waals surface area contributed by atoms with Crippen LogP contribution in [0.2, 0.25) is 0 Å². The van der Waals surface area contributed by atoms with E-state index >= 15 is 0 Å². The normalized spacial score (nSPS) is 10.8. The number of carbonyl (C=O) groups is 1. The Morgan fingerprint density at radius 1 is 1.19 bits per heavy atom. The van der Waals surface area contributed by atoms with Gasteiger partial charge in [-0.25, -0.2) is 0 Å². The van der Waals surface area contributed by atoms with Crippen molar-refractivity contribution in [3.8, 4) is 11.6 Å². The number of benzene rings is 1. The molecule has 26 heavy (non-hydrogen) atoms. The molecule has 0 aliphatic rings.